The Labute approximate surface area is 123 Å². The van der Waals surface area contributed by atoms with Crippen LogP contribution >= 0.6 is 11.6 Å². The maximum absolute atomic E-state index is 12.7. The minimum Gasteiger partial charge on any atom is -0.480 e. The van der Waals surface area contributed by atoms with Gasteiger partial charge in [-0.25, -0.2) is 8.42 Å². The summed E-state index contributed by atoms with van der Waals surface area (Å²) in [7, 11) is -3.85. The van der Waals surface area contributed by atoms with Gasteiger partial charge in [-0.15, -0.1) is 0 Å². The fraction of sp³-hybridized carbons (Fsp3) is 0.462. The van der Waals surface area contributed by atoms with Gasteiger partial charge in [-0.3, -0.25) is 4.79 Å². The van der Waals surface area contributed by atoms with Gasteiger partial charge in [-0.2, -0.15) is 4.31 Å². The molecule has 0 spiro atoms. The third kappa shape index (κ3) is 2.55. The summed E-state index contributed by atoms with van der Waals surface area (Å²) < 4.78 is 26.4. The fourth-order valence-corrected chi connectivity index (χ4v) is 4.71. The predicted octanol–water partition coefficient (Wildman–Crippen LogP) is 2.13. The van der Waals surface area contributed by atoms with Gasteiger partial charge in [0.2, 0.25) is 10.0 Å². The molecule has 110 valence electrons. The third-order valence-corrected chi connectivity index (χ3v) is 5.90. The number of halogens is 1. The lowest BCUT2D eigenvalue weighted by Crippen LogP contribution is -2.42. The van der Waals surface area contributed by atoms with E-state index in [1.165, 1.54) is 6.07 Å². The molecule has 0 radical (unpaired) electrons. The maximum Gasteiger partial charge on any atom is 0.322 e. The van der Waals surface area contributed by atoms with E-state index < -0.39 is 22.0 Å². The number of sulfonamides is 1. The molecule has 1 fully saturated rings. The molecule has 1 saturated heterocycles. The molecule has 1 aliphatic rings. The molecule has 5 nitrogen and oxygen atoms in total. The van der Waals surface area contributed by atoms with Crippen molar-refractivity contribution in [1.82, 2.24) is 4.31 Å². The molecule has 1 aromatic carbocycles. The number of hydrogen-bond donors (Lipinski definition) is 1. The van der Waals surface area contributed by atoms with Crippen LogP contribution < -0.4 is 0 Å². The van der Waals surface area contributed by atoms with Crippen LogP contribution in [0.5, 0.6) is 0 Å². The van der Waals surface area contributed by atoms with E-state index in [0.29, 0.717) is 17.0 Å². The third-order valence-electron chi connectivity index (χ3n) is 3.64. The van der Waals surface area contributed by atoms with Crippen LogP contribution in [0, 0.1) is 12.8 Å². The normalized spacial score (nSPS) is 23.9. The number of carboxylic acid groups (broad SMARTS) is 1. The Morgan fingerprint density at radius 1 is 1.45 bits per heavy atom. The predicted molar refractivity (Wildman–Crippen MR) is 75.3 cm³/mol. The summed E-state index contributed by atoms with van der Waals surface area (Å²) in [6.45, 7) is 3.63. The number of benzene rings is 1. The largest absolute Gasteiger partial charge is 0.480 e. The Hall–Kier alpha value is -1.11. The van der Waals surface area contributed by atoms with E-state index in [2.05, 4.69) is 0 Å². The van der Waals surface area contributed by atoms with Crippen LogP contribution in [-0.4, -0.2) is 36.4 Å². The number of aliphatic carboxylic acids is 1. The fourth-order valence-electron chi connectivity index (χ4n) is 2.53. The Kier molecular flexibility index (Phi) is 4.09. The molecule has 2 atom stereocenters. The summed E-state index contributed by atoms with van der Waals surface area (Å²) in [5.41, 5.74) is 0.554. The molecule has 1 N–H and O–H groups in total. The molecule has 2 unspecified atom stereocenters. The van der Waals surface area contributed by atoms with Gasteiger partial charge in [0.1, 0.15) is 6.04 Å². The first-order chi connectivity index (χ1) is 9.25. The number of rotatable bonds is 3. The highest BCUT2D eigenvalue weighted by Crippen LogP contribution is 2.32. The molecule has 1 aromatic rings. The Bertz CT molecular complexity index is 644. The van der Waals surface area contributed by atoms with Crippen molar-refractivity contribution >= 4 is 27.6 Å². The highest BCUT2D eigenvalue weighted by molar-refractivity contribution is 7.89. The van der Waals surface area contributed by atoms with Crippen LogP contribution in [-0.2, 0) is 14.8 Å². The molecular formula is C13H16ClNO4S. The van der Waals surface area contributed by atoms with E-state index in [1.807, 2.05) is 0 Å². The molecule has 0 bridgehead atoms. The zero-order chi connectivity index (χ0) is 15.1. The van der Waals surface area contributed by atoms with E-state index in [-0.39, 0.29) is 17.4 Å². The summed E-state index contributed by atoms with van der Waals surface area (Å²) in [5.74, 6) is -1.32. The van der Waals surface area contributed by atoms with E-state index in [1.54, 1.807) is 26.0 Å². The van der Waals surface area contributed by atoms with Crippen molar-refractivity contribution < 1.29 is 18.3 Å². The van der Waals surface area contributed by atoms with Crippen molar-refractivity contribution in [2.24, 2.45) is 5.92 Å². The minimum absolute atomic E-state index is 0.0744. The van der Waals surface area contributed by atoms with E-state index >= 15 is 0 Å². The average Bonchev–Trinajstić information content (AvgIpc) is 2.75. The average molecular weight is 318 g/mol. The van der Waals surface area contributed by atoms with Crippen LogP contribution in [0.15, 0.2) is 23.1 Å². The van der Waals surface area contributed by atoms with Crippen LogP contribution in [0.3, 0.4) is 0 Å². The molecule has 1 heterocycles. The summed E-state index contributed by atoms with van der Waals surface area (Å²) >= 11 is 5.86. The van der Waals surface area contributed by atoms with Crippen LogP contribution in [0.4, 0.5) is 0 Å². The number of carboxylic acids is 1. The van der Waals surface area contributed by atoms with E-state index in [4.69, 9.17) is 11.6 Å². The monoisotopic (exact) mass is 317 g/mol. The van der Waals surface area contributed by atoms with Crippen molar-refractivity contribution in [1.29, 1.82) is 0 Å². The smallest absolute Gasteiger partial charge is 0.322 e. The van der Waals surface area contributed by atoms with Gasteiger partial charge < -0.3 is 5.11 Å². The second-order valence-corrected chi connectivity index (χ2v) is 7.37. The Morgan fingerprint density at radius 2 is 2.10 bits per heavy atom. The molecule has 0 aromatic heterocycles. The number of hydrogen-bond acceptors (Lipinski definition) is 3. The summed E-state index contributed by atoms with van der Waals surface area (Å²) in [4.78, 5) is 11.4. The zero-order valence-electron chi connectivity index (χ0n) is 11.2. The van der Waals surface area contributed by atoms with Crippen molar-refractivity contribution in [3.63, 3.8) is 0 Å². The standard InChI is InChI=1S/C13H16ClNO4S/c1-8-3-4-10(14)7-11(8)20(18,19)15-6-5-9(2)12(15)13(16)17/h3-4,7,9,12H,5-6H2,1-2H3,(H,16,17). The van der Waals surface area contributed by atoms with Gasteiger partial charge in [-0.1, -0.05) is 24.6 Å². The van der Waals surface area contributed by atoms with Gasteiger partial charge in [0.25, 0.3) is 0 Å². The van der Waals surface area contributed by atoms with Crippen LogP contribution in [0.1, 0.15) is 18.9 Å². The number of carbonyl (C=O) groups is 1. The van der Waals surface area contributed by atoms with Crippen molar-refractivity contribution in [2.45, 2.75) is 31.2 Å². The first-order valence-corrected chi connectivity index (χ1v) is 8.07. The topological polar surface area (TPSA) is 74.7 Å². The molecule has 20 heavy (non-hydrogen) atoms. The Balaban J connectivity index is 2.50. The van der Waals surface area contributed by atoms with E-state index in [0.717, 1.165) is 4.31 Å². The second kappa shape index (κ2) is 5.35. The lowest BCUT2D eigenvalue weighted by Gasteiger charge is -2.23. The highest BCUT2D eigenvalue weighted by Gasteiger charge is 2.44. The molecule has 0 aliphatic carbocycles. The molecular weight excluding hydrogens is 302 g/mol. The summed E-state index contributed by atoms with van der Waals surface area (Å²) in [5, 5.41) is 9.57. The first-order valence-electron chi connectivity index (χ1n) is 6.26. The van der Waals surface area contributed by atoms with Crippen molar-refractivity contribution in [3.8, 4) is 0 Å². The van der Waals surface area contributed by atoms with Crippen molar-refractivity contribution in [3.05, 3.63) is 28.8 Å². The van der Waals surface area contributed by atoms with Crippen LogP contribution in [0.2, 0.25) is 5.02 Å². The lowest BCUT2D eigenvalue weighted by atomic mass is 10.0. The second-order valence-electron chi connectivity index (χ2n) is 5.07. The molecule has 0 amide bonds. The maximum atomic E-state index is 12.7. The lowest BCUT2D eigenvalue weighted by molar-refractivity contribution is -0.141. The SMILES string of the molecule is Cc1ccc(Cl)cc1S(=O)(=O)N1CCC(C)C1C(=O)O. The van der Waals surface area contributed by atoms with E-state index in [9.17, 15) is 18.3 Å². The van der Waals surface area contributed by atoms with Gasteiger partial charge in [0.05, 0.1) is 4.90 Å². The highest BCUT2D eigenvalue weighted by atomic mass is 35.5. The van der Waals surface area contributed by atoms with Gasteiger partial charge in [0.15, 0.2) is 0 Å². The van der Waals surface area contributed by atoms with Gasteiger partial charge in [0, 0.05) is 11.6 Å². The summed E-state index contributed by atoms with van der Waals surface area (Å²) in [6.07, 6.45) is 0.538. The zero-order valence-corrected chi connectivity index (χ0v) is 12.8. The van der Waals surface area contributed by atoms with Crippen molar-refractivity contribution in [2.75, 3.05) is 6.54 Å². The number of aryl methyl sites for hydroxylation is 1. The first kappa shape index (κ1) is 15.3. The van der Waals surface area contributed by atoms with Crippen LogP contribution in [0.25, 0.3) is 0 Å². The molecule has 2 rings (SSSR count). The van der Waals surface area contributed by atoms with Gasteiger partial charge >= 0.3 is 5.97 Å². The quantitative estimate of drug-likeness (QED) is 0.926. The molecule has 1 aliphatic heterocycles. The summed E-state index contributed by atoms with van der Waals surface area (Å²) in [6, 6.07) is 3.58. The molecule has 7 heteroatoms. The molecule has 0 saturated carbocycles. The minimum atomic E-state index is -3.85. The van der Waals surface area contributed by atoms with Gasteiger partial charge in [-0.05, 0) is 37.0 Å². The Morgan fingerprint density at radius 3 is 2.70 bits per heavy atom. The number of nitrogens with zero attached hydrogens (tertiary/aromatic N) is 1.